The molecule has 35 heavy (non-hydrogen) atoms. The molecule has 3 amide bonds. The Kier molecular flexibility index (Phi) is 7.90. The number of amides is 3. The van der Waals surface area contributed by atoms with Gasteiger partial charge in [-0.2, -0.15) is 13.2 Å². The van der Waals surface area contributed by atoms with Crippen molar-refractivity contribution in [2.75, 3.05) is 28.6 Å². The van der Waals surface area contributed by atoms with E-state index in [0.717, 1.165) is 10.4 Å². The molecule has 0 saturated carbocycles. The highest BCUT2D eigenvalue weighted by Gasteiger charge is 2.34. The van der Waals surface area contributed by atoms with Crippen molar-refractivity contribution < 1.29 is 27.2 Å². The van der Waals surface area contributed by atoms with Gasteiger partial charge in [0.2, 0.25) is 0 Å². The number of urea groups is 1. The summed E-state index contributed by atoms with van der Waals surface area (Å²) in [5.41, 5.74) is 0.0809. The maximum absolute atomic E-state index is 13.8. The van der Waals surface area contributed by atoms with E-state index in [2.05, 4.69) is 23.4 Å². The summed E-state index contributed by atoms with van der Waals surface area (Å²) in [4.78, 5) is 26.0. The molecule has 11 heteroatoms. The Hall–Kier alpha value is -3.73. The maximum atomic E-state index is 13.8. The zero-order valence-corrected chi connectivity index (χ0v) is 19.6. The van der Waals surface area contributed by atoms with Crippen LogP contribution in [-0.2, 0) is 12.7 Å². The summed E-state index contributed by atoms with van der Waals surface area (Å²) in [7, 11) is 3.03. The minimum atomic E-state index is -4.54. The summed E-state index contributed by atoms with van der Waals surface area (Å²) in [5, 5.41) is 5.07. The van der Waals surface area contributed by atoms with E-state index >= 15 is 0 Å². The number of hydrogen-bond donors (Lipinski definition) is 3. The van der Waals surface area contributed by atoms with Gasteiger partial charge in [-0.05, 0) is 54.1 Å². The van der Waals surface area contributed by atoms with Crippen LogP contribution in [0.1, 0.15) is 21.5 Å². The molecule has 2 N–H and O–H groups in total. The number of alkyl halides is 3. The van der Waals surface area contributed by atoms with Crippen LogP contribution in [0.25, 0.3) is 0 Å². The van der Waals surface area contributed by atoms with Crippen LogP contribution < -0.4 is 19.8 Å². The Balaban J connectivity index is 1.63. The monoisotopic (exact) mass is 506 g/mol. The third-order valence-electron chi connectivity index (χ3n) is 4.97. The number of anilines is 3. The number of hydrogen-bond acceptors (Lipinski definition) is 4. The first kappa shape index (κ1) is 25.9. The second-order valence-electron chi connectivity index (χ2n) is 7.70. The van der Waals surface area contributed by atoms with Crippen molar-refractivity contribution in [1.82, 2.24) is 5.32 Å². The standard InChI is InChI=1S/C24H22F4N4O2S/c1-31(2)21-12-7-15(13-19(21)24(26,27)28)14-29-23(34)32(35)17-10-8-16(9-11-17)30-22(33)18-5-3-4-6-20(18)25/h3-13,35H,14H2,1-2H3,(H,29,34)(H,30,33). The van der Waals surface area contributed by atoms with Gasteiger partial charge in [0.1, 0.15) is 5.82 Å². The molecule has 3 aromatic carbocycles. The normalized spacial score (nSPS) is 11.1. The predicted molar refractivity (Wildman–Crippen MR) is 130 cm³/mol. The molecule has 6 nitrogen and oxygen atoms in total. The fourth-order valence-electron chi connectivity index (χ4n) is 3.21. The fraction of sp³-hybridized carbons (Fsp3) is 0.167. The Morgan fingerprint density at radius 2 is 1.63 bits per heavy atom. The van der Waals surface area contributed by atoms with Crippen molar-refractivity contribution in [3.63, 3.8) is 0 Å². The number of thiol groups is 1. The number of nitrogens with one attached hydrogen (secondary N) is 2. The van der Waals surface area contributed by atoms with Crippen molar-refractivity contribution >= 4 is 41.8 Å². The highest BCUT2D eigenvalue weighted by Crippen LogP contribution is 2.36. The molecular weight excluding hydrogens is 484 g/mol. The number of nitrogens with zero attached hydrogens (tertiary/aromatic N) is 2. The highest BCUT2D eigenvalue weighted by atomic mass is 32.1. The van der Waals surface area contributed by atoms with Gasteiger partial charge < -0.3 is 15.5 Å². The molecule has 0 heterocycles. The van der Waals surface area contributed by atoms with Crippen molar-refractivity contribution in [2.45, 2.75) is 12.7 Å². The van der Waals surface area contributed by atoms with E-state index in [0.29, 0.717) is 11.4 Å². The fourth-order valence-corrected chi connectivity index (χ4v) is 3.41. The largest absolute Gasteiger partial charge is 0.418 e. The Morgan fingerprint density at radius 1 is 0.971 bits per heavy atom. The first-order valence-electron chi connectivity index (χ1n) is 10.3. The Morgan fingerprint density at radius 3 is 2.23 bits per heavy atom. The van der Waals surface area contributed by atoms with Crippen LogP contribution in [0, 0.1) is 5.82 Å². The number of benzene rings is 3. The molecule has 0 aliphatic rings. The lowest BCUT2D eigenvalue weighted by Gasteiger charge is -2.21. The van der Waals surface area contributed by atoms with Gasteiger partial charge in [0.15, 0.2) is 0 Å². The molecule has 0 atom stereocenters. The van der Waals surface area contributed by atoms with Gasteiger partial charge in [0.25, 0.3) is 5.91 Å². The van der Waals surface area contributed by atoms with Gasteiger partial charge in [-0.15, -0.1) is 0 Å². The molecule has 0 aliphatic heterocycles. The van der Waals surface area contributed by atoms with Crippen LogP contribution >= 0.6 is 12.8 Å². The van der Waals surface area contributed by atoms with Crippen LogP contribution in [0.15, 0.2) is 66.7 Å². The molecule has 0 fully saturated rings. The van der Waals surface area contributed by atoms with E-state index < -0.39 is 29.5 Å². The minimum Gasteiger partial charge on any atom is -0.377 e. The van der Waals surface area contributed by atoms with Crippen molar-refractivity contribution in [3.05, 3.63) is 89.2 Å². The van der Waals surface area contributed by atoms with Crippen LogP contribution in [0.3, 0.4) is 0 Å². The molecule has 3 aromatic rings. The van der Waals surface area contributed by atoms with Crippen LogP contribution in [0.2, 0.25) is 0 Å². The first-order valence-corrected chi connectivity index (χ1v) is 10.7. The summed E-state index contributed by atoms with van der Waals surface area (Å²) >= 11 is 4.14. The van der Waals surface area contributed by atoms with Gasteiger partial charge >= 0.3 is 12.2 Å². The molecule has 3 rings (SSSR count). The minimum absolute atomic E-state index is 0.0191. The topological polar surface area (TPSA) is 64.7 Å². The van der Waals surface area contributed by atoms with E-state index in [1.165, 1.54) is 73.6 Å². The molecule has 0 aliphatic carbocycles. The van der Waals surface area contributed by atoms with Gasteiger partial charge in [-0.1, -0.05) is 31.0 Å². The molecule has 184 valence electrons. The summed E-state index contributed by atoms with van der Waals surface area (Å²) in [6, 6.07) is 14.7. The average molecular weight is 507 g/mol. The second-order valence-corrected chi connectivity index (χ2v) is 8.10. The number of carbonyl (C=O) groups excluding carboxylic acids is 2. The lowest BCUT2D eigenvalue weighted by atomic mass is 10.1. The number of carbonyl (C=O) groups is 2. The zero-order valence-electron chi connectivity index (χ0n) is 18.7. The van der Waals surface area contributed by atoms with Crippen LogP contribution in [0.5, 0.6) is 0 Å². The van der Waals surface area contributed by atoms with E-state index in [-0.39, 0.29) is 23.4 Å². The van der Waals surface area contributed by atoms with E-state index in [9.17, 15) is 27.2 Å². The van der Waals surface area contributed by atoms with Crippen molar-refractivity contribution in [3.8, 4) is 0 Å². The molecule has 0 spiro atoms. The molecular formula is C24H22F4N4O2S. The lowest BCUT2D eigenvalue weighted by Crippen LogP contribution is -2.33. The van der Waals surface area contributed by atoms with Crippen LogP contribution in [0.4, 0.5) is 39.4 Å². The number of rotatable bonds is 6. The van der Waals surface area contributed by atoms with Gasteiger partial charge in [0.05, 0.1) is 16.8 Å². The number of halogens is 4. The molecule has 0 radical (unpaired) electrons. The third kappa shape index (κ3) is 6.44. The molecule has 0 saturated heterocycles. The average Bonchev–Trinajstić information content (AvgIpc) is 2.82. The lowest BCUT2D eigenvalue weighted by molar-refractivity contribution is -0.137. The molecule has 0 aromatic heterocycles. The quantitative estimate of drug-likeness (QED) is 0.296. The smallest absolute Gasteiger partial charge is 0.377 e. The van der Waals surface area contributed by atoms with E-state index in [1.54, 1.807) is 6.07 Å². The van der Waals surface area contributed by atoms with Gasteiger partial charge in [0, 0.05) is 32.0 Å². The molecule has 0 bridgehead atoms. The van der Waals surface area contributed by atoms with Gasteiger partial charge in [-0.25, -0.2) is 13.5 Å². The van der Waals surface area contributed by atoms with Crippen molar-refractivity contribution in [2.24, 2.45) is 0 Å². The summed E-state index contributed by atoms with van der Waals surface area (Å²) in [6.45, 7) is -0.149. The van der Waals surface area contributed by atoms with E-state index in [4.69, 9.17) is 0 Å². The van der Waals surface area contributed by atoms with Crippen molar-refractivity contribution in [1.29, 1.82) is 0 Å². The van der Waals surface area contributed by atoms with E-state index in [1.807, 2.05) is 0 Å². The Bertz CT molecular complexity index is 1220. The highest BCUT2D eigenvalue weighted by molar-refractivity contribution is 7.82. The molecule has 0 unspecified atom stereocenters. The van der Waals surface area contributed by atoms with Gasteiger partial charge in [-0.3, -0.25) is 4.79 Å². The van der Waals surface area contributed by atoms with Crippen LogP contribution in [-0.4, -0.2) is 26.0 Å². The summed E-state index contributed by atoms with van der Waals surface area (Å²) in [5.74, 6) is -1.28. The third-order valence-corrected chi connectivity index (χ3v) is 5.39. The summed E-state index contributed by atoms with van der Waals surface area (Å²) < 4.78 is 54.9. The second kappa shape index (κ2) is 10.7. The SMILES string of the molecule is CN(C)c1ccc(CNC(=O)N(S)c2ccc(NC(=O)c3ccccc3F)cc2)cc1C(F)(F)F. The predicted octanol–water partition coefficient (Wildman–Crippen LogP) is 5.72. The maximum Gasteiger partial charge on any atom is 0.418 e. The Labute approximate surface area is 205 Å². The summed E-state index contributed by atoms with van der Waals surface area (Å²) in [6.07, 6.45) is -4.54. The zero-order chi connectivity index (χ0) is 25.8. The first-order chi connectivity index (χ1) is 16.5.